The second-order valence-electron chi connectivity index (χ2n) is 4.35. The average molecular weight is 305 g/mol. The van der Waals surface area contributed by atoms with Gasteiger partial charge in [0.2, 0.25) is 0 Å². The third-order valence-electron chi connectivity index (χ3n) is 2.75. The number of aliphatic carboxylic acids is 1. The molecule has 110 valence electrons. The Morgan fingerprint density at radius 2 is 2.05 bits per heavy atom. The van der Waals surface area contributed by atoms with E-state index in [0.29, 0.717) is 12.1 Å². The Morgan fingerprint density at radius 1 is 1.33 bits per heavy atom. The van der Waals surface area contributed by atoms with Crippen LogP contribution in [0.3, 0.4) is 0 Å². The van der Waals surface area contributed by atoms with Gasteiger partial charge >= 0.3 is 12.0 Å². The topological polar surface area (TPSA) is 91.3 Å². The summed E-state index contributed by atoms with van der Waals surface area (Å²) < 4.78 is 0. The zero-order valence-corrected chi connectivity index (χ0v) is 12.2. The van der Waals surface area contributed by atoms with E-state index in [1.807, 2.05) is 6.92 Å². The molecule has 6 nitrogen and oxygen atoms in total. The van der Waals surface area contributed by atoms with Gasteiger partial charge in [0, 0.05) is 11.1 Å². The molecule has 0 fully saturated rings. The van der Waals surface area contributed by atoms with Crippen molar-refractivity contribution in [2.75, 3.05) is 0 Å². The van der Waals surface area contributed by atoms with E-state index in [4.69, 9.17) is 0 Å². The molecule has 0 saturated carbocycles. The van der Waals surface area contributed by atoms with Crippen LogP contribution >= 0.6 is 11.3 Å². The quantitative estimate of drug-likeness (QED) is 0.788. The summed E-state index contributed by atoms with van der Waals surface area (Å²) in [7, 11) is 0. The lowest BCUT2D eigenvalue weighted by atomic mass is 10.1. The predicted octanol–water partition coefficient (Wildman–Crippen LogP) is 2.08. The molecule has 0 aliphatic rings. The van der Waals surface area contributed by atoms with Crippen molar-refractivity contribution in [3.05, 3.63) is 52.0 Å². The maximum absolute atomic E-state index is 11.8. The van der Waals surface area contributed by atoms with Gasteiger partial charge in [-0.15, -0.1) is 11.3 Å². The number of carboxylic acid groups (broad SMARTS) is 1. The molecule has 1 atom stereocenters. The second kappa shape index (κ2) is 6.85. The van der Waals surface area contributed by atoms with E-state index in [1.54, 1.807) is 36.5 Å². The van der Waals surface area contributed by atoms with Crippen LogP contribution in [0.5, 0.6) is 0 Å². The fraction of sp³-hybridized carbons (Fsp3) is 0.214. The molecule has 0 aliphatic carbocycles. The minimum Gasteiger partial charge on any atom is -0.479 e. The van der Waals surface area contributed by atoms with Crippen LogP contribution in [-0.2, 0) is 11.3 Å². The molecular weight excluding hydrogens is 290 g/mol. The highest BCUT2D eigenvalue weighted by atomic mass is 32.1. The number of hydrogen-bond acceptors (Lipinski definition) is 4. The highest BCUT2D eigenvalue weighted by molar-refractivity contribution is 7.11. The van der Waals surface area contributed by atoms with Crippen molar-refractivity contribution in [1.82, 2.24) is 15.6 Å². The molecular formula is C14H15N3O3S. The molecule has 1 unspecified atom stereocenters. The van der Waals surface area contributed by atoms with E-state index in [-0.39, 0.29) is 0 Å². The average Bonchev–Trinajstić information content (AvgIpc) is 2.89. The fourth-order valence-corrected chi connectivity index (χ4v) is 2.50. The van der Waals surface area contributed by atoms with Gasteiger partial charge in [0.1, 0.15) is 0 Å². The molecule has 0 aliphatic heterocycles. The van der Waals surface area contributed by atoms with E-state index < -0.39 is 18.0 Å². The van der Waals surface area contributed by atoms with Gasteiger partial charge in [0.25, 0.3) is 0 Å². The minimum atomic E-state index is -1.11. The number of carbonyl (C=O) groups is 2. The number of carbonyl (C=O) groups excluding carboxylic acids is 1. The first-order valence-electron chi connectivity index (χ1n) is 6.29. The smallest absolute Gasteiger partial charge is 0.330 e. The third kappa shape index (κ3) is 4.28. The van der Waals surface area contributed by atoms with Gasteiger partial charge in [0.15, 0.2) is 6.04 Å². The van der Waals surface area contributed by atoms with Crippen LogP contribution in [0.2, 0.25) is 0 Å². The van der Waals surface area contributed by atoms with Crippen LogP contribution in [0.25, 0.3) is 0 Å². The highest BCUT2D eigenvalue weighted by Crippen LogP contribution is 2.13. The number of nitrogens with zero attached hydrogens (tertiary/aromatic N) is 1. The summed E-state index contributed by atoms with van der Waals surface area (Å²) in [5, 5.41) is 15.2. The van der Waals surface area contributed by atoms with Crippen molar-refractivity contribution in [3.63, 3.8) is 0 Å². The molecule has 1 aromatic heterocycles. The van der Waals surface area contributed by atoms with Gasteiger partial charge in [0.05, 0.1) is 11.6 Å². The first-order chi connectivity index (χ1) is 10.1. The van der Waals surface area contributed by atoms with Gasteiger partial charge in [-0.05, 0) is 12.5 Å². The summed E-state index contributed by atoms with van der Waals surface area (Å²) in [6, 6.07) is 6.95. The number of aromatic nitrogens is 1. The maximum atomic E-state index is 11.8. The zero-order chi connectivity index (χ0) is 15.2. The van der Waals surface area contributed by atoms with Crippen molar-refractivity contribution in [1.29, 1.82) is 0 Å². The molecule has 2 rings (SSSR count). The van der Waals surface area contributed by atoms with Gasteiger partial charge < -0.3 is 15.7 Å². The standard InChI is InChI=1S/C14H15N3O3S/c1-9-15-7-11(21-9)8-16-14(20)17-12(13(18)19)10-5-3-2-4-6-10/h2-7,12H,8H2,1H3,(H,18,19)(H2,16,17,20). The van der Waals surface area contributed by atoms with E-state index in [9.17, 15) is 14.7 Å². The van der Waals surface area contributed by atoms with Crippen molar-refractivity contribution < 1.29 is 14.7 Å². The van der Waals surface area contributed by atoms with Gasteiger partial charge in [-0.1, -0.05) is 30.3 Å². The molecule has 2 amide bonds. The first-order valence-corrected chi connectivity index (χ1v) is 7.11. The van der Waals surface area contributed by atoms with Crippen molar-refractivity contribution in [2.45, 2.75) is 19.5 Å². The van der Waals surface area contributed by atoms with Crippen LogP contribution in [0.4, 0.5) is 4.79 Å². The van der Waals surface area contributed by atoms with Crippen LogP contribution in [-0.4, -0.2) is 22.1 Å². The number of thiazole rings is 1. The van der Waals surface area contributed by atoms with Crippen molar-refractivity contribution in [2.24, 2.45) is 0 Å². The van der Waals surface area contributed by atoms with E-state index in [1.165, 1.54) is 11.3 Å². The number of carboxylic acids is 1. The maximum Gasteiger partial charge on any atom is 0.330 e. The lowest BCUT2D eigenvalue weighted by Gasteiger charge is -2.15. The number of aryl methyl sites for hydroxylation is 1. The number of amides is 2. The number of urea groups is 1. The third-order valence-corrected chi connectivity index (χ3v) is 3.66. The van der Waals surface area contributed by atoms with Crippen molar-refractivity contribution >= 4 is 23.3 Å². The summed E-state index contributed by atoms with van der Waals surface area (Å²) in [6.45, 7) is 2.20. The lowest BCUT2D eigenvalue weighted by molar-refractivity contribution is -0.139. The SMILES string of the molecule is Cc1ncc(CNC(=O)NC(C(=O)O)c2ccccc2)s1. The molecule has 0 radical (unpaired) electrons. The second-order valence-corrected chi connectivity index (χ2v) is 5.67. The summed E-state index contributed by atoms with van der Waals surface area (Å²) in [5.74, 6) is -1.11. The molecule has 0 spiro atoms. The lowest BCUT2D eigenvalue weighted by Crippen LogP contribution is -2.40. The van der Waals surface area contributed by atoms with Gasteiger partial charge in [-0.25, -0.2) is 14.6 Å². The van der Waals surface area contributed by atoms with E-state index in [0.717, 1.165) is 9.88 Å². The number of hydrogen-bond donors (Lipinski definition) is 3. The number of benzene rings is 1. The minimum absolute atomic E-state index is 0.318. The Balaban J connectivity index is 1.94. The Morgan fingerprint density at radius 3 is 2.62 bits per heavy atom. The molecule has 3 N–H and O–H groups in total. The van der Waals surface area contributed by atoms with Gasteiger partial charge in [-0.2, -0.15) is 0 Å². The molecule has 0 bridgehead atoms. The Labute approximate surface area is 125 Å². The number of rotatable bonds is 5. The Bertz CT molecular complexity index is 627. The zero-order valence-electron chi connectivity index (χ0n) is 11.4. The van der Waals surface area contributed by atoms with Crippen LogP contribution in [0.1, 0.15) is 21.5 Å². The van der Waals surface area contributed by atoms with Gasteiger partial charge in [-0.3, -0.25) is 0 Å². The Hall–Kier alpha value is -2.41. The molecule has 21 heavy (non-hydrogen) atoms. The highest BCUT2D eigenvalue weighted by Gasteiger charge is 2.21. The monoisotopic (exact) mass is 305 g/mol. The molecule has 0 saturated heterocycles. The number of nitrogens with one attached hydrogen (secondary N) is 2. The van der Waals surface area contributed by atoms with E-state index in [2.05, 4.69) is 15.6 Å². The van der Waals surface area contributed by atoms with Crippen LogP contribution in [0.15, 0.2) is 36.5 Å². The largest absolute Gasteiger partial charge is 0.479 e. The van der Waals surface area contributed by atoms with E-state index >= 15 is 0 Å². The molecule has 2 aromatic rings. The summed E-state index contributed by atoms with van der Waals surface area (Å²) >= 11 is 1.48. The van der Waals surface area contributed by atoms with Crippen LogP contribution in [0, 0.1) is 6.92 Å². The fourth-order valence-electron chi connectivity index (χ4n) is 1.77. The molecule has 7 heteroatoms. The predicted molar refractivity (Wildman–Crippen MR) is 79.0 cm³/mol. The summed E-state index contributed by atoms with van der Waals surface area (Å²) in [5.41, 5.74) is 0.522. The van der Waals surface area contributed by atoms with Crippen molar-refractivity contribution in [3.8, 4) is 0 Å². The van der Waals surface area contributed by atoms with Crippen LogP contribution < -0.4 is 10.6 Å². The summed E-state index contributed by atoms with van der Waals surface area (Å²) in [4.78, 5) is 28.1. The summed E-state index contributed by atoms with van der Waals surface area (Å²) in [6.07, 6.45) is 1.69. The normalized spacial score (nSPS) is 11.7. The molecule has 1 heterocycles. The molecule has 1 aromatic carbocycles. The first kappa shape index (κ1) is 15.0. The Kier molecular flexibility index (Phi) is 4.89.